The summed E-state index contributed by atoms with van der Waals surface area (Å²) in [7, 11) is 1.66. The summed E-state index contributed by atoms with van der Waals surface area (Å²) in [6, 6.07) is 17.7. The van der Waals surface area contributed by atoms with E-state index in [-0.39, 0.29) is 0 Å². The van der Waals surface area contributed by atoms with Gasteiger partial charge in [0.15, 0.2) is 0 Å². The van der Waals surface area contributed by atoms with Gasteiger partial charge in [0.05, 0.1) is 18.3 Å². The SMILES string of the molecule is COc1ccc(-c2ccc3cc(N)ccc3n2)cc1. The van der Waals surface area contributed by atoms with Gasteiger partial charge < -0.3 is 10.5 Å². The molecule has 2 aromatic carbocycles. The summed E-state index contributed by atoms with van der Waals surface area (Å²) in [6.07, 6.45) is 0. The van der Waals surface area contributed by atoms with Crippen LogP contribution in [0.2, 0.25) is 0 Å². The van der Waals surface area contributed by atoms with E-state index < -0.39 is 0 Å². The summed E-state index contributed by atoms with van der Waals surface area (Å²) in [5.41, 5.74) is 9.48. The van der Waals surface area contributed by atoms with E-state index in [4.69, 9.17) is 10.5 Å². The van der Waals surface area contributed by atoms with Crippen LogP contribution in [-0.4, -0.2) is 12.1 Å². The van der Waals surface area contributed by atoms with Gasteiger partial charge in [0, 0.05) is 16.6 Å². The molecule has 3 rings (SSSR count). The highest BCUT2D eigenvalue weighted by molar-refractivity contribution is 5.84. The van der Waals surface area contributed by atoms with E-state index in [1.54, 1.807) is 7.11 Å². The first-order valence-corrected chi connectivity index (χ1v) is 6.07. The molecule has 0 aliphatic rings. The Labute approximate surface area is 111 Å². The van der Waals surface area contributed by atoms with Gasteiger partial charge in [-0.15, -0.1) is 0 Å². The molecule has 2 N–H and O–H groups in total. The third-order valence-corrected chi connectivity index (χ3v) is 3.10. The molecule has 3 heteroatoms. The minimum absolute atomic E-state index is 0.756. The molecule has 0 fully saturated rings. The van der Waals surface area contributed by atoms with Crippen molar-refractivity contribution in [1.29, 1.82) is 0 Å². The molecule has 0 spiro atoms. The van der Waals surface area contributed by atoms with Crippen molar-refractivity contribution in [3.8, 4) is 17.0 Å². The molecule has 0 amide bonds. The highest BCUT2D eigenvalue weighted by atomic mass is 16.5. The number of fused-ring (bicyclic) bond motifs is 1. The molecule has 3 aromatic rings. The van der Waals surface area contributed by atoms with Crippen LogP contribution in [0.25, 0.3) is 22.2 Å². The summed E-state index contributed by atoms with van der Waals surface area (Å²) >= 11 is 0. The summed E-state index contributed by atoms with van der Waals surface area (Å²) in [6.45, 7) is 0. The van der Waals surface area contributed by atoms with Crippen LogP contribution < -0.4 is 10.5 Å². The molecule has 0 unspecified atom stereocenters. The van der Waals surface area contributed by atoms with E-state index in [1.165, 1.54) is 0 Å². The van der Waals surface area contributed by atoms with Gasteiger partial charge in [-0.2, -0.15) is 0 Å². The molecule has 0 bridgehead atoms. The molecule has 0 radical (unpaired) electrons. The van der Waals surface area contributed by atoms with Crippen molar-refractivity contribution in [2.24, 2.45) is 0 Å². The minimum Gasteiger partial charge on any atom is -0.497 e. The van der Waals surface area contributed by atoms with E-state index in [1.807, 2.05) is 54.6 Å². The molecular formula is C16H14N2O. The number of nitrogen functional groups attached to an aromatic ring is 1. The molecule has 1 heterocycles. The summed E-state index contributed by atoms with van der Waals surface area (Å²) in [4.78, 5) is 4.65. The zero-order chi connectivity index (χ0) is 13.2. The second-order valence-corrected chi connectivity index (χ2v) is 4.38. The van der Waals surface area contributed by atoms with E-state index in [2.05, 4.69) is 4.98 Å². The zero-order valence-corrected chi connectivity index (χ0v) is 10.6. The lowest BCUT2D eigenvalue weighted by molar-refractivity contribution is 0.415. The van der Waals surface area contributed by atoms with Gasteiger partial charge in [-0.1, -0.05) is 6.07 Å². The monoisotopic (exact) mass is 250 g/mol. The second-order valence-electron chi connectivity index (χ2n) is 4.38. The summed E-state index contributed by atoms with van der Waals surface area (Å²) in [5, 5.41) is 1.05. The van der Waals surface area contributed by atoms with Crippen LogP contribution in [0.5, 0.6) is 5.75 Å². The standard InChI is InChI=1S/C16H14N2O/c1-19-14-6-2-11(3-7-14)15-8-4-12-10-13(17)5-9-16(12)18-15/h2-10H,17H2,1H3. The maximum absolute atomic E-state index is 5.76. The number of pyridine rings is 1. The van der Waals surface area contributed by atoms with Crippen molar-refractivity contribution in [3.05, 3.63) is 54.6 Å². The normalized spacial score (nSPS) is 10.6. The average molecular weight is 250 g/mol. The van der Waals surface area contributed by atoms with E-state index in [9.17, 15) is 0 Å². The Bertz CT molecular complexity index is 720. The van der Waals surface area contributed by atoms with Crippen LogP contribution in [0.4, 0.5) is 5.69 Å². The number of nitrogens with two attached hydrogens (primary N) is 1. The highest BCUT2D eigenvalue weighted by Crippen LogP contribution is 2.24. The number of methoxy groups -OCH3 is 1. The fraction of sp³-hybridized carbons (Fsp3) is 0.0625. The van der Waals surface area contributed by atoms with E-state index in [0.29, 0.717) is 0 Å². The summed E-state index contributed by atoms with van der Waals surface area (Å²) in [5.74, 6) is 0.845. The average Bonchev–Trinajstić information content (AvgIpc) is 2.47. The van der Waals surface area contributed by atoms with Gasteiger partial charge in [-0.3, -0.25) is 0 Å². The lowest BCUT2D eigenvalue weighted by atomic mass is 10.1. The molecule has 0 aliphatic carbocycles. The van der Waals surface area contributed by atoms with E-state index in [0.717, 1.165) is 33.6 Å². The number of benzene rings is 2. The maximum Gasteiger partial charge on any atom is 0.118 e. The van der Waals surface area contributed by atoms with Crippen molar-refractivity contribution in [1.82, 2.24) is 4.98 Å². The van der Waals surface area contributed by atoms with Crippen LogP contribution in [0.15, 0.2) is 54.6 Å². The van der Waals surface area contributed by atoms with Crippen LogP contribution in [0.3, 0.4) is 0 Å². The first kappa shape index (κ1) is 11.5. The third kappa shape index (κ3) is 2.22. The smallest absolute Gasteiger partial charge is 0.118 e. The molecule has 1 aromatic heterocycles. The predicted molar refractivity (Wildman–Crippen MR) is 78.1 cm³/mol. The number of nitrogens with zero attached hydrogens (tertiary/aromatic N) is 1. The quantitative estimate of drug-likeness (QED) is 0.708. The van der Waals surface area contributed by atoms with Gasteiger partial charge in [0.2, 0.25) is 0 Å². The molecule has 94 valence electrons. The van der Waals surface area contributed by atoms with Crippen molar-refractivity contribution >= 4 is 16.6 Å². The first-order valence-electron chi connectivity index (χ1n) is 6.07. The van der Waals surface area contributed by atoms with Crippen LogP contribution in [-0.2, 0) is 0 Å². The molecule has 0 saturated carbocycles. The largest absolute Gasteiger partial charge is 0.497 e. The number of hydrogen-bond donors (Lipinski definition) is 1. The van der Waals surface area contributed by atoms with Crippen molar-refractivity contribution in [3.63, 3.8) is 0 Å². The fourth-order valence-corrected chi connectivity index (χ4v) is 2.07. The fourth-order valence-electron chi connectivity index (χ4n) is 2.07. The second kappa shape index (κ2) is 4.61. The van der Waals surface area contributed by atoms with Gasteiger partial charge >= 0.3 is 0 Å². The molecule has 3 nitrogen and oxygen atoms in total. The molecule has 0 aliphatic heterocycles. The van der Waals surface area contributed by atoms with Gasteiger partial charge in [0.25, 0.3) is 0 Å². The lowest BCUT2D eigenvalue weighted by Crippen LogP contribution is -1.88. The summed E-state index contributed by atoms with van der Waals surface area (Å²) < 4.78 is 5.15. The Kier molecular flexibility index (Phi) is 2.80. The number of hydrogen-bond acceptors (Lipinski definition) is 3. The highest BCUT2D eigenvalue weighted by Gasteiger charge is 2.02. The van der Waals surface area contributed by atoms with Crippen molar-refractivity contribution in [2.75, 3.05) is 12.8 Å². The number of aromatic nitrogens is 1. The number of rotatable bonds is 2. The molecular weight excluding hydrogens is 236 g/mol. The molecule has 0 saturated heterocycles. The predicted octanol–water partition coefficient (Wildman–Crippen LogP) is 3.49. The van der Waals surface area contributed by atoms with Crippen molar-refractivity contribution in [2.45, 2.75) is 0 Å². The molecule has 19 heavy (non-hydrogen) atoms. The topological polar surface area (TPSA) is 48.1 Å². The number of ether oxygens (including phenoxy) is 1. The Hall–Kier alpha value is -2.55. The van der Waals surface area contributed by atoms with Crippen LogP contribution in [0.1, 0.15) is 0 Å². The lowest BCUT2D eigenvalue weighted by Gasteiger charge is -2.05. The molecule has 0 atom stereocenters. The van der Waals surface area contributed by atoms with Gasteiger partial charge in [-0.05, 0) is 48.5 Å². The Balaban J connectivity index is 2.06. The van der Waals surface area contributed by atoms with Crippen molar-refractivity contribution < 1.29 is 4.74 Å². The Morgan fingerprint density at radius 1 is 0.947 bits per heavy atom. The maximum atomic E-state index is 5.76. The Morgan fingerprint density at radius 2 is 1.74 bits per heavy atom. The van der Waals surface area contributed by atoms with Crippen LogP contribution in [0, 0.1) is 0 Å². The third-order valence-electron chi connectivity index (χ3n) is 3.10. The van der Waals surface area contributed by atoms with Gasteiger partial charge in [0.1, 0.15) is 5.75 Å². The first-order chi connectivity index (χ1) is 9.26. The van der Waals surface area contributed by atoms with E-state index >= 15 is 0 Å². The zero-order valence-electron chi connectivity index (χ0n) is 10.6. The Morgan fingerprint density at radius 3 is 2.47 bits per heavy atom. The van der Waals surface area contributed by atoms with Gasteiger partial charge in [-0.25, -0.2) is 4.98 Å². The van der Waals surface area contributed by atoms with Crippen LogP contribution >= 0.6 is 0 Å². The number of anilines is 1. The minimum atomic E-state index is 0.756.